The van der Waals surface area contributed by atoms with E-state index in [1.165, 1.54) is 15.3 Å². The minimum atomic E-state index is 0.552. The average Bonchev–Trinajstić information content (AvgIpc) is 2.71. The number of nitrogens with one attached hydrogen (secondary N) is 1. The summed E-state index contributed by atoms with van der Waals surface area (Å²) >= 11 is 1.84. The predicted molar refractivity (Wildman–Crippen MR) is 52.1 cm³/mol. The third-order valence-corrected chi connectivity index (χ3v) is 3.45. The zero-order chi connectivity index (χ0) is 7.97. The van der Waals surface area contributed by atoms with Gasteiger partial charge in [-0.2, -0.15) is 0 Å². The number of thiophene rings is 1. The van der Waals surface area contributed by atoms with Crippen LogP contribution in [0.2, 0.25) is 0 Å². The second kappa shape index (κ2) is 2.23. The molecule has 2 aliphatic rings. The maximum Gasteiger partial charge on any atom is 0.0557 e. The van der Waals surface area contributed by atoms with Crippen LogP contribution >= 0.6 is 11.3 Å². The zero-order valence-electron chi connectivity index (χ0n) is 6.58. The number of hydrogen-bond acceptors (Lipinski definition) is 2. The molecule has 3 rings (SSSR count). The van der Waals surface area contributed by atoms with Crippen LogP contribution in [0.25, 0.3) is 11.6 Å². The molecule has 1 N–H and O–H groups in total. The van der Waals surface area contributed by atoms with Crippen molar-refractivity contribution in [1.82, 2.24) is 5.32 Å². The van der Waals surface area contributed by atoms with Crippen LogP contribution in [0.4, 0.5) is 0 Å². The Bertz CT molecular complexity index is 452. The summed E-state index contributed by atoms with van der Waals surface area (Å²) in [6.07, 6.45) is 7.71. The van der Waals surface area contributed by atoms with Crippen LogP contribution in [0.3, 0.4) is 0 Å². The first-order chi connectivity index (χ1) is 5.95. The van der Waals surface area contributed by atoms with Crippen LogP contribution in [0.15, 0.2) is 23.7 Å². The summed E-state index contributed by atoms with van der Waals surface area (Å²) in [6.45, 7) is 0. The molecule has 0 saturated heterocycles. The molecule has 0 aromatic carbocycles. The Morgan fingerprint density at radius 2 is 2.50 bits per heavy atom. The van der Waals surface area contributed by atoms with Crippen molar-refractivity contribution < 1.29 is 0 Å². The number of rotatable bonds is 0. The number of hydrogen-bond donors (Lipinski definition) is 1. The zero-order valence-corrected chi connectivity index (χ0v) is 7.40. The Hall–Kier alpha value is -1.02. The Morgan fingerprint density at radius 1 is 1.50 bits per heavy atom. The molecular formula is C10H9NS. The quantitative estimate of drug-likeness (QED) is 0.608. The van der Waals surface area contributed by atoms with Gasteiger partial charge in [-0.05, 0) is 40.9 Å². The van der Waals surface area contributed by atoms with Gasteiger partial charge in [0.25, 0.3) is 0 Å². The van der Waals surface area contributed by atoms with Crippen molar-refractivity contribution in [2.45, 2.75) is 12.5 Å². The fraction of sp³-hybridized carbons (Fsp3) is 0.200. The first-order valence-electron chi connectivity index (χ1n) is 4.16. The van der Waals surface area contributed by atoms with E-state index in [9.17, 15) is 0 Å². The summed E-state index contributed by atoms with van der Waals surface area (Å²) in [5.41, 5.74) is 1.47. The van der Waals surface area contributed by atoms with Crippen molar-refractivity contribution >= 4 is 23.0 Å². The van der Waals surface area contributed by atoms with Crippen LogP contribution in [0.1, 0.15) is 6.42 Å². The van der Waals surface area contributed by atoms with Crippen LogP contribution in [0.5, 0.6) is 0 Å². The lowest BCUT2D eigenvalue weighted by molar-refractivity contribution is 0.762. The molecule has 0 fully saturated rings. The van der Waals surface area contributed by atoms with Gasteiger partial charge in [0, 0.05) is 4.53 Å². The summed E-state index contributed by atoms with van der Waals surface area (Å²) in [5, 5.41) is 6.93. The van der Waals surface area contributed by atoms with E-state index < -0.39 is 0 Å². The lowest BCUT2D eigenvalue weighted by Gasteiger charge is -2.12. The number of fused-ring (bicyclic) bond motifs is 2. The van der Waals surface area contributed by atoms with Gasteiger partial charge in [-0.1, -0.05) is 6.08 Å². The van der Waals surface area contributed by atoms with Crippen LogP contribution in [-0.2, 0) is 0 Å². The first kappa shape index (κ1) is 6.49. The molecule has 0 radical (unpaired) electrons. The molecule has 1 aromatic heterocycles. The molecule has 60 valence electrons. The molecule has 2 heteroatoms. The highest BCUT2D eigenvalue weighted by atomic mass is 32.1. The van der Waals surface area contributed by atoms with E-state index in [0.29, 0.717) is 6.04 Å². The van der Waals surface area contributed by atoms with Gasteiger partial charge in [-0.25, -0.2) is 0 Å². The summed E-state index contributed by atoms with van der Waals surface area (Å²) in [5.74, 6) is 0. The summed E-state index contributed by atoms with van der Waals surface area (Å²) < 4.78 is 1.45. The molecule has 0 saturated carbocycles. The fourth-order valence-corrected chi connectivity index (χ4v) is 2.83. The lowest BCUT2D eigenvalue weighted by atomic mass is 10.0. The van der Waals surface area contributed by atoms with Crippen molar-refractivity contribution in [2.75, 3.05) is 0 Å². The highest BCUT2D eigenvalue weighted by molar-refractivity contribution is 7.07. The predicted octanol–water partition coefficient (Wildman–Crippen LogP) is 0.569. The molecule has 1 aliphatic heterocycles. The molecule has 1 unspecified atom stereocenters. The molecule has 1 aliphatic carbocycles. The largest absolute Gasteiger partial charge is 0.384 e. The molecule has 0 bridgehead atoms. The summed E-state index contributed by atoms with van der Waals surface area (Å²) in [6, 6.07) is 2.76. The molecule has 1 atom stereocenters. The Kier molecular flexibility index (Phi) is 1.21. The topological polar surface area (TPSA) is 12.0 Å². The van der Waals surface area contributed by atoms with E-state index >= 15 is 0 Å². The van der Waals surface area contributed by atoms with Crippen LogP contribution < -0.4 is 15.1 Å². The molecule has 2 heterocycles. The van der Waals surface area contributed by atoms with Gasteiger partial charge in [-0.15, -0.1) is 11.3 Å². The van der Waals surface area contributed by atoms with Gasteiger partial charge in [0.2, 0.25) is 0 Å². The van der Waals surface area contributed by atoms with Crippen molar-refractivity contribution in [3.05, 3.63) is 33.5 Å². The summed E-state index contributed by atoms with van der Waals surface area (Å²) in [4.78, 5) is 0. The second-order valence-corrected chi connectivity index (χ2v) is 4.07. The van der Waals surface area contributed by atoms with Gasteiger partial charge in [0.15, 0.2) is 0 Å². The average molecular weight is 175 g/mol. The third kappa shape index (κ3) is 0.730. The van der Waals surface area contributed by atoms with Crippen molar-refractivity contribution in [1.29, 1.82) is 0 Å². The standard InChI is InChI=1S/C10H9NS/c1-2-9-8(3-5-11-9)10-7(1)4-6-12-10/h1,3-6,9,11H,2H2. The smallest absolute Gasteiger partial charge is 0.0557 e. The normalized spacial score (nSPS) is 24.3. The highest BCUT2D eigenvalue weighted by Crippen LogP contribution is 2.16. The van der Waals surface area contributed by atoms with Gasteiger partial charge >= 0.3 is 0 Å². The van der Waals surface area contributed by atoms with E-state index in [4.69, 9.17) is 0 Å². The minimum Gasteiger partial charge on any atom is -0.384 e. The molecule has 0 amide bonds. The fourth-order valence-electron chi connectivity index (χ4n) is 1.85. The van der Waals surface area contributed by atoms with Gasteiger partial charge < -0.3 is 5.32 Å². The maximum atomic E-state index is 3.35. The lowest BCUT2D eigenvalue weighted by Crippen LogP contribution is -2.33. The highest BCUT2D eigenvalue weighted by Gasteiger charge is 2.18. The van der Waals surface area contributed by atoms with E-state index in [2.05, 4.69) is 35.1 Å². The van der Waals surface area contributed by atoms with Crippen LogP contribution in [-0.4, -0.2) is 6.04 Å². The Morgan fingerprint density at radius 3 is 3.50 bits per heavy atom. The first-order valence-corrected chi connectivity index (χ1v) is 5.03. The minimum absolute atomic E-state index is 0.552. The van der Waals surface area contributed by atoms with E-state index in [0.717, 1.165) is 6.42 Å². The van der Waals surface area contributed by atoms with Crippen molar-refractivity contribution in [3.63, 3.8) is 0 Å². The van der Waals surface area contributed by atoms with E-state index in [1.807, 2.05) is 11.3 Å². The van der Waals surface area contributed by atoms with Gasteiger partial charge in [-0.3, -0.25) is 0 Å². The van der Waals surface area contributed by atoms with Gasteiger partial charge in [0.05, 0.1) is 6.04 Å². The van der Waals surface area contributed by atoms with Gasteiger partial charge in [0.1, 0.15) is 0 Å². The maximum absolute atomic E-state index is 3.35. The Balaban J connectivity index is 2.46. The molecule has 12 heavy (non-hydrogen) atoms. The Labute approximate surface area is 74.7 Å². The molecular weight excluding hydrogens is 166 g/mol. The summed E-state index contributed by atoms with van der Waals surface area (Å²) in [7, 11) is 0. The second-order valence-electron chi connectivity index (χ2n) is 3.15. The molecule has 1 nitrogen and oxygen atoms in total. The van der Waals surface area contributed by atoms with Crippen molar-refractivity contribution in [2.24, 2.45) is 0 Å². The van der Waals surface area contributed by atoms with Crippen molar-refractivity contribution in [3.8, 4) is 0 Å². The molecule has 0 spiro atoms. The molecule has 1 aromatic rings. The van der Waals surface area contributed by atoms with Crippen LogP contribution in [0, 0.1) is 0 Å². The SMILES string of the molecule is C1=CC2=c3sccc3=CCC2N1. The van der Waals surface area contributed by atoms with E-state index in [1.54, 1.807) is 0 Å². The third-order valence-electron chi connectivity index (χ3n) is 2.47. The monoisotopic (exact) mass is 175 g/mol. The van der Waals surface area contributed by atoms with E-state index in [-0.39, 0.29) is 0 Å².